The van der Waals surface area contributed by atoms with E-state index in [2.05, 4.69) is 20.8 Å². The van der Waals surface area contributed by atoms with Gasteiger partial charge in [0.25, 0.3) is 5.91 Å². The van der Waals surface area contributed by atoms with E-state index in [0.29, 0.717) is 27.1 Å². The van der Waals surface area contributed by atoms with Gasteiger partial charge in [-0.1, -0.05) is 59.8 Å². The van der Waals surface area contributed by atoms with Crippen LogP contribution in [0.3, 0.4) is 0 Å². The third-order valence-corrected chi connectivity index (χ3v) is 5.59. The largest absolute Gasteiger partial charge is 0.325 e. The fraction of sp³-hybridized carbons (Fsp3) is 0.0435. The van der Waals surface area contributed by atoms with E-state index in [1.807, 2.05) is 30.3 Å². The molecule has 7 nitrogen and oxygen atoms in total. The number of rotatable bonds is 7. The summed E-state index contributed by atoms with van der Waals surface area (Å²) in [6.07, 6.45) is 1.56. The van der Waals surface area contributed by atoms with Crippen LogP contribution in [0.4, 0.5) is 11.4 Å². The fourth-order valence-corrected chi connectivity index (χ4v) is 3.87. The van der Waals surface area contributed by atoms with Crippen LogP contribution in [-0.4, -0.2) is 32.3 Å². The lowest BCUT2D eigenvalue weighted by atomic mass is 10.1. The molecule has 2 N–H and O–H groups in total. The van der Waals surface area contributed by atoms with E-state index >= 15 is 0 Å². The van der Waals surface area contributed by atoms with Crippen molar-refractivity contribution in [3.8, 4) is 5.69 Å². The highest BCUT2D eigenvalue weighted by Gasteiger charge is 2.15. The Bertz CT molecular complexity index is 1250. The number of thioether (sulfide) groups is 1. The second-order valence-corrected chi connectivity index (χ2v) is 8.04. The minimum atomic E-state index is -0.305. The van der Waals surface area contributed by atoms with Crippen LogP contribution < -0.4 is 10.6 Å². The lowest BCUT2D eigenvalue weighted by molar-refractivity contribution is -0.113. The van der Waals surface area contributed by atoms with Gasteiger partial charge in [0, 0.05) is 10.7 Å². The molecule has 32 heavy (non-hydrogen) atoms. The van der Waals surface area contributed by atoms with Crippen LogP contribution in [0.15, 0.2) is 90.3 Å². The molecule has 0 saturated heterocycles. The van der Waals surface area contributed by atoms with Gasteiger partial charge in [-0.2, -0.15) is 0 Å². The van der Waals surface area contributed by atoms with Gasteiger partial charge in [0.05, 0.1) is 22.7 Å². The molecule has 0 atom stereocenters. The molecule has 0 aliphatic rings. The summed E-state index contributed by atoms with van der Waals surface area (Å²) in [5.41, 5.74) is 2.28. The summed E-state index contributed by atoms with van der Waals surface area (Å²) >= 11 is 7.30. The first-order valence-corrected chi connectivity index (χ1v) is 11.0. The van der Waals surface area contributed by atoms with Crippen LogP contribution in [-0.2, 0) is 4.79 Å². The Hall–Kier alpha value is -3.62. The van der Waals surface area contributed by atoms with E-state index in [4.69, 9.17) is 11.6 Å². The van der Waals surface area contributed by atoms with Crippen molar-refractivity contribution < 1.29 is 9.59 Å². The number of amides is 2. The first kappa shape index (κ1) is 21.6. The molecule has 4 aromatic rings. The van der Waals surface area contributed by atoms with Crippen molar-refractivity contribution in [3.63, 3.8) is 0 Å². The average molecular weight is 464 g/mol. The molecule has 0 aliphatic carbocycles. The lowest BCUT2D eigenvalue weighted by Crippen LogP contribution is -2.19. The van der Waals surface area contributed by atoms with Crippen LogP contribution in [0.2, 0.25) is 5.02 Å². The van der Waals surface area contributed by atoms with Crippen molar-refractivity contribution in [1.82, 2.24) is 14.8 Å². The van der Waals surface area contributed by atoms with Gasteiger partial charge in [0.2, 0.25) is 5.91 Å². The maximum absolute atomic E-state index is 12.7. The molecule has 2 amide bonds. The molecule has 0 bridgehead atoms. The lowest BCUT2D eigenvalue weighted by Gasteiger charge is -2.11. The molecular formula is C23H18ClN5O2S. The number of carbonyl (C=O) groups excluding carboxylic acids is 2. The van der Waals surface area contributed by atoms with Gasteiger partial charge in [-0.15, -0.1) is 10.2 Å². The second-order valence-electron chi connectivity index (χ2n) is 6.67. The zero-order valence-corrected chi connectivity index (χ0v) is 18.3. The number of nitrogens with one attached hydrogen (secondary N) is 2. The van der Waals surface area contributed by atoms with Gasteiger partial charge >= 0.3 is 0 Å². The van der Waals surface area contributed by atoms with E-state index in [1.54, 1.807) is 59.4 Å². The Balaban J connectivity index is 1.42. The molecule has 0 fully saturated rings. The molecule has 1 aromatic heterocycles. The summed E-state index contributed by atoms with van der Waals surface area (Å²) < 4.78 is 1.76. The smallest absolute Gasteiger partial charge is 0.257 e. The molecule has 0 unspecified atom stereocenters. The summed E-state index contributed by atoms with van der Waals surface area (Å²) in [5.74, 6) is -0.482. The van der Waals surface area contributed by atoms with E-state index in [1.165, 1.54) is 11.8 Å². The van der Waals surface area contributed by atoms with E-state index < -0.39 is 0 Å². The monoisotopic (exact) mass is 463 g/mol. The number of carbonyl (C=O) groups is 2. The summed E-state index contributed by atoms with van der Waals surface area (Å²) in [4.78, 5) is 25.3. The number of nitrogens with zero attached hydrogens (tertiary/aromatic N) is 3. The van der Waals surface area contributed by atoms with Crippen LogP contribution in [0, 0.1) is 0 Å². The Kier molecular flexibility index (Phi) is 6.84. The number of para-hydroxylation sites is 2. The zero-order chi connectivity index (χ0) is 22.3. The van der Waals surface area contributed by atoms with Crippen molar-refractivity contribution in [1.29, 1.82) is 0 Å². The third kappa shape index (κ3) is 5.35. The maximum atomic E-state index is 12.7. The molecule has 0 radical (unpaired) electrons. The Morgan fingerprint density at radius 1 is 0.938 bits per heavy atom. The normalized spacial score (nSPS) is 10.5. The Morgan fingerprint density at radius 2 is 1.72 bits per heavy atom. The molecule has 1 heterocycles. The van der Waals surface area contributed by atoms with Crippen LogP contribution >= 0.6 is 23.4 Å². The number of anilines is 2. The Labute approximate surface area is 193 Å². The van der Waals surface area contributed by atoms with Gasteiger partial charge in [-0.3, -0.25) is 14.2 Å². The zero-order valence-electron chi connectivity index (χ0n) is 16.7. The van der Waals surface area contributed by atoms with Crippen LogP contribution in [0.5, 0.6) is 0 Å². The fourth-order valence-electron chi connectivity index (χ4n) is 2.95. The number of halogens is 1. The molecule has 0 saturated carbocycles. The van der Waals surface area contributed by atoms with Gasteiger partial charge in [-0.25, -0.2) is 0 Å². The molecule has 4 rings (SSSR count). The highest BCUT2D eigenvalue weighted by atomic mass is 35.5. The standard InChI is InChI=1S/C23H18ClN5O2S/c24-16-7-6-10-18(13-16)29-15-25-28-23(29)32-14-21(30)27-20-12-5-4-11-19(20)22(31)26-17-8-2-1-3-9-17/h1-13,15H,14H2,(H,26,31)(H,27,30). The topological polar surface area (TPSA) is 88.9 Å². The van der Waals surface area contributed by atoms with Gasteiger partial charge in [0.15, 0.2) is 5.16 Å². The number of benzene rings is 3. The molecule has 0 aliphatic heterocycles. The third-order valence-electron chi connectivity index (χ3n) is 4.41. The van der Waals surface area contributed by atoms with Gasteiger partial charge in [-0.05, 0) is 42.5 Å². The second kappa shape index (κ2) is 10.1. The van der Waals surface area contributed by atoms with Crippen molar-refractivity contribution in [2.45, 2.75) is 5.16 Å². The quantitative estimate of drug-likeness (QED) is 0.380. The van der Waals surface area contributed by atoms with E-state index in [-0.39, 0.29) is 17.6 Å². The summed E-state index contributed by atoms with van der Waals surface area (Å²) in [6, 6.07) is 23.3. The predicted molar refractivity (Wildman–Crippen MR) is 127 cm³/mol. The highest BCUT2D eigenvalue weighted by molar-refractivity contribution is 7.99. The number of hydrogen-bond acceptors (Lipinski definition) is 5. The summed E-state index contributed by atoms with van der Waals surface area (Å²) in [7, 11) is 0. The molecular weight excluding hydrogens is 446 g/mol. The minimum absolute atomic E-state index is 0.0912. The molecule has 3 aromatic carbocycles. The van der Waals surface area contributed by atoms with Crippen LogP contribution in [0.1, 0.15) is 10.4 Å². The number of aromatic nitrogens is 3. The van der Waals surface area contributed by atoms with Gasteiger partial charge < -0.3 is 10.6 Å². The predicted octanol–water partition coefficient (Wildman–Crippen LogP) is 4.90. The van der Waals surface area contributed by atoms with Crippen molar-refractivity contribution in [3.05, 3.63) is 95.8 Å². The first-order chi connectivity index (χ1) is 15.6. The summed E-state index contributed by atoms with van der Waals surface area (Å²) in [6.45, 7) is 0. The van der Waals surface area contributed by atoms with E-state index in [9.17, 15) is 9.59 Å². The SMILES string of the molecule is O=C(CSc1nncn1-c1cccc(Cl)c1)Nc1ccccc1C(=O)Nc1ccccc1. The number of hydrogen-bond donors (Lipinski definition) is 2. The molecule has 0 spiro atoms. The highest BCUT2D eigenvalue weighted by Crippen LogP contribution is 2.23. The molecule has 9 heteroatoms. The minimum Gasteiger partial charge on any atom is -0.325 e. The molecule has 160 valence electrons. The van der Waals surface area contributed by atoms with Crippen molar-refractivity contribution in [2.24, 2.45) is 0 Å². The van der Waals surface area contributed by atoms with E-state index in [0.717, 1.165) is 5.69 Å². The maximum Gasteiger partial charge on any atom is 0.257 e. The summed E-state index contributed by atoms with van der Waals surface area (Å²) in [5, 5.41) is 14.8. The van der Waals surface area contributed by atoms with Crippen LogP contribution in [0.25, 0.3) is 5.69 Å². The Morgan fingerprint density at radius 3 is 2.53 bits per heavy atom. The first-order valence-electron chi connectivity index (χ1n) is 9.64. The van der Waals surface area contributed by atoms with Crippen molar-refractivity contribution >= 4 is 46.6 Å². The van der Waals surface area contributed by atoms with Crippen molar-refractivity contribution in [2.75, 3.05) is 16.4 Å². The average Bonchev–Trinajstić information content (AvgIpc) is 3.27. The van der Waals surface area contributed by atoms with Gasteiger partial charge in [0.1, 0.15) is 6.33 Å².